The smallest absolute Gasteiger partial charge is 0.417 e. The van der Waals surface area contributed by atoms with E-state index in [0.717, 1.165) is 24.8 Å². The highest BCUT2D eigenvalue weighted by molar-refractivity contribution is 7.91. The van der Waals surface area contributed by atoms with Gasteiger partial charge in [0.1, 0.15) is 21.8 Å². The van der Waals surface area contributed by atoms with Crippen molar-refractivity contribution in [1.29, 1.82) is 0 Å². The maximum Gasteiger partial charge on any atom is 0.417 e. The number of rotatable bonds is 6. The highest BCUT2D eigenvalue weighted by Crippen LogP contribution is 2.33. The summed E-state index contributed by atoms with van der Waals surface area (Å²) in [6.07, 6.45) is -3.79. The number of imide groups is 1. The maximum absolute atomic E-state index is 14.8. The minimum Gasteiger partial charge on any atom is -0.479 e. The third kappa shape index (κ3) is 5.82. The molecule has 34 heavy (non-hydrogen) atoms. The molecule has 11 nitrogen and oxygen atoms in total. The van der Waals surface area contributed by atoms with Crippen molar-refractivity contribution in [2.24, 2.45) is 0 Å². The van der Waals surface area contributed by atoms with Crippen LogP contribution in [0, 0.1) is 5.82 Å². The second-order valence-corrected chi connectivity index (χ2v) is 10.5. The number of hydrogen-bond acceptors (Lipinski definition) is 8. The largest absolute Gasteiger partial charge is 0.479 e. The van der Waals surface area contributed by atoms with Crippen LogP contribution in [-0.2, 0) is 28.9 Å². The Labute approximate surface area is 195 Å². The van der Waals surface area contributed by atoms with Crippen molar-refractivity contribution in [3.63, 3.8) is 0 Å². The van der Waals surface area contributed by atoms with Gasteiger partial charge in [0.15, 0.2) is 6.10 Å². The van der Waals surface area contributed by atoms with Crippen LogP contribution < -0.4 is 4.90 Å². The molecule has 2 saturated heterocycles. The topological polar surface area (TPSA) is 148 Å². The predicted molar refractivity (Wildman–Crippen MR) is 116 cm³/mol. The number of carboxylic acids is 1. The van der Waals surface area contributed by atoms with Gasteiger partial charge in [-0.2, -0.15) is 0 Å². The summed E-state index contributed by atoms with van der Waals surface area (Å²) >= 11 is 0. The summed E-state index contributed by atoms with van der Waals surface area (Å²) in [6, 6.07) is 4.20. The lowest BCUT2D eigenvalue weighted by molar-refractivity contribution is -0.147. The van der Waals surface area contributed by atoms with Crippen molar-refractivity contribution in [3.05, 3.63) is 29.6 Å². The van der Waals surface area contributed by atoms with E-state index >= 15 is 0 Å². The van der Waals surface area contributed by atoms with Gasteiger partial charge < -0.3 is 14.6 Å². The van der Waals surface area contributed by atoms with Crippen LogP contribution in [0.3, 0.4) is 0 Å². The summed E-state index contributed by atoms with van der Waals surface area (Å²) < 4.78 is 48.0. The Morgan fingerprint density at radius 2 is 1.94 bits per heavy atom. The van der Waals surface area contributed by atoms with Gasteiger partial charge in [-0.15, -0.1) is 0 Å². The number of carboxylic acid groups (broad SMARTS) is 1. The van der Waals surface area contributed by atoms with Crippen molar-refractivity contribution in [2.75, 3.05) is 29.5 Å². The number of aliphatic carboxylic acids is 1. The Morgan fingerprint density at radius 3 is 2.50 bits per heavy atom. The molecule has 0 bridgehead atoms. The molecule has 1 N–H and O–H groups in total. The molecule has 2 aliphatic rings. The number of carbonyl (C=O) groups is 4. The molecule has 1 unspecified atom stereocenters. The Morgan fingerprint density at radius 1 is 1.29 bits per heavy atom. The summed E-state index contributed by atoms with van der Waals surface area (Å²) in [5.74, 6) is -2.94. The van der Waals surface area contributed by atoms with E-state index in [4.69, 9.17) is 14.6 Å². The number of nitrogens with zero attached hydrogens (tertiary/aromatic N) is 2. The molecular formula is C21H25FN2O9S. The molecule has 0 spiro atoms. The molecule has 3 rings (SSSR count). The van der Waals surface area contributed by atoms with E-state index in [1.54, 1.807) is 0 Å². The van der Waals surface area contributed by atoms with Crippen molar-refractivity contribution in [3.8, 4) is 0 Å². The van der Waals surface area contributed by atoms with Crippen LogP contribution >= 0.6 is 0 Å². The molecule has 0 radical (unpaired) electrons. The standard InChI is InChI=1S/C21H25FN2O9S/c1-12(19(26)27)32-20(28)23(13(2)25)10-16-11-24(21(29)33-16)15-3-4-17(18(22)9-15)14-5-7-34(30,31)8-6-14/h3-4,9,12,14,16H,5-8,10-11H2,1-2H3,(H,26,27)/t12?,16-/m0/s1. The number of hydrogen-bond donors (Lipinski definition) is 1. The van der Waals surface area contributed by atoms with Gasteiger partial charge >= 0.3 is 18.2 Å². The number of amides is 3. The predicted octanol–water partition coefficient (Wildman–Crippen LogP) is 1.90. The van der Waals surface area contributed by atoms with Gasteiger partial charge in [-0.3, -0.25) is 9.69 Å². The average Bonchev–Trinajstić information content (AvgIpc) is 3.12. The summed E-state index contributed by atoms with van der Waals surface area (Å²) in [4.78, 5) is 49.1. The van der Waals surface area contributed by atoms with Crippen LogP contribution in [0.15, 0.2) is 18.2 Å². The van der Waals surface area contributed by atoms with Gasteiger partial charge in [-0.25, -0.2) is 32.1 Å². The van der Waals surface area contributed by atoms with E-state index < -0.39 is 51.9 Å². The zero-order chi connectivity index (χ0) is 25.2. The van der Waals surface area contributed by atoms with E-state index in [1.807, 2.05) is 0 Å². The molecule has 0 aromatic heterocycles. The average molecular weight is 501 g/mol. The van der Waals surface area contributed by atoms with Gasteiger partial charge in [0.25, 0.3) is 0 Å². The van der Waals surface area contributed by atoms with Crippen molar-refractivity contribution >= 4 is 39.6 Å². The second kappa shape index (κ2) is 9.95. The number of halogens is 1. The number of sulfone groups is 1. The van der Waals surface area contributed by atoms with Crippen LogP contribution in [0.5, 0.6) is 0 Å². The van der Waals surface area contributed by atoms with Gasteiger partial charge in [-0.05, 0) is 43.4 Å². The highest BCUT2D eigenvalue weighted by Gasteiger charge is 2.37. The van der Waals surface area contributed by atoms with Crippen LogP contribution in [-0.4, -0.2) is 79.3 Å². The molecule has 2 fully saturated rings. The first kappa shape index (κ1) is 25.4. The van der Waals surface area contributed by atoms with E-state index in [-0.39, 0.29) is 36.2 Å². The fraction of sp³-hybridized carbons (Fsp3) is 0.524. The first-order valence-corrected chi connectivity index (χ1v) is 12.4. The third-order valence-electron chi connectivity index (χ3n) is 5.78. The zero-order valence-electron chi connectivity index (χ0n) is 18.6. The summed E-state index contributed by atoms with van der Waals surface area (Å²) in [5, 5.41) is 8.86. The molecule has 2 heterocycles. The Bertz CT molecular complexity index is 1090. The lowest BCUT2D eigenvalue weighted by Crippen LogP contribution is -2.44. The zero-order valence-corrected chi connectivity index (χ0v) is 19.4. The molecule has 1 aromatic rings. The number of ether oxygens (including phenoxy) is 2. The molecule has 13 heteroatoms. The minimum absolute atomic E-state index is 0.000680. The van der Waals surface area contributed by atoms with Crippen molar-refractivity contribution in [2.45, 2.75) is 44.8 Å². The molecule has 0 aliphatic carbocycles. The first-order valence-electron chi connectivity index (χ1n) is 10.6. The summed E-state index contributed by atoms with van der Waals surface area (Å²) in [5.41, 5.74) is 0.578. The molecule has 186 valence electrons. The van der Waals surface area contributed by atoms with Crippen LogP contribution in [0.2, 0.25) is 0 Å². The molecule has 2 aliphatic heterocycles. The fourth-order valence-electron chi connectivity index (χ4n) is 3.84. The monoisotopic (exact) mass is 500 g/mol. The summed E-state index contributed by atoms with van der Waals surface area (Å²) in [7, 11) is -3.09. The lowest BCUT2D eigenvalue weighted by atomic mass is 9.93. The third-order valence-corrected chi connectivity index (χ3v) is 7.49. The second-order valence-electron chi connectivity index (χ2n) is 8.24. The van der Waals surface area contributed by atoms with Gasteiger partial charge in [0.2, 0.25) is 5.91 Å². The molecule has 3 amide bonds. The Hall–Kier alpha value is -3.22. The van der Waals surface area contributed by atoms with E-state index in [1.165, 1.54) is 12.1 Å². The quantitative estimate of drug-likeness (QED) is 0.618. The number of cyclic esters (lactones) is 1. The van der Waals surface area contributed by atoms with E-state index in [2.05, 4.69) is 0 Å². The minimum atomic E-state index is -3.09. The molecule has 1 aromatic carbocycles. The van der Waals surface area contributed by atoms with Crippen LogP contribution in [0.1, 0.15) is 38.2 Å². The van der Waals surface area contributed by atoms with Crippen molar-refractivity contribution < 1.29 is 46.6 Å². The van der Waals surface area contributed by atoms with Crippen LogP contribution in [0.25, 0.3) is 0 Å². The molecule has 2 atom stereocenters. The van der Waals surface area contributed by atoms with Crippen molar-refractivity contribution in [1.82, 2.24) is 4.90 Å². The maximum atomic E-state index is 14.8. The van der Waals surface area contributed by atoms with Gasteiger partial charge in [-0.1, -0.05) is 6.07 Å². The van der Waals surface area contributed by atoms with E-state index in [0.29, 0.717) is 23.3 Å². The summed E-state index contributed by atoms with van der Waals surface area (Å²) in [6.45, 7) is 1.73. The van der Waals surface area contributed by atoms with Crippen LogP contribution in [0.4, 0.5) is 19.7 Å². The number of carbonyl (C=O) groups excluding carboxylic acids is 3. The number of benzene rings is 1. The normalized spacial score (nSPS) is 21.0. The Kier molecular flexibility index (Phi) is 7.44. The molecular weight excluding hydrogens is 475 g/mol. The Balaban J connectivity index is 1.67. The molecule has 0 saturated carbocycles. The fourth-order valence-corrected chi connectivity index (χ4v) is 5.34. The van der Waals surface area contributed by atoms with Gasteiger partial charge in [0, 0.05) is 6.92 Å². The SMILES string of the molecule is CC(=O)N(C[C@H]1CN(c2ccc(C3CCS(=O)(=O)CC3)c(F)c2)C(=O)O1)C(=O)OC(C)C(=O)O. The number of anilines is 1. The van der Waals surface area contributed by atoms with Gasteiger partial charge in [0.05, 0.1) is 30.3 Å². The van der Waals surface area contributed by atoms with E-state index in [9.17, 15) is 32.0 Å². The highest BCUT2D eigenvalue weighted by atomic mass is 32.2. The lowest BCUT2D eigenvalue weighted by Gasteiger charge is -2.23. The first-order chi connectivity index (χ1) is 15.9.